The lowest BCUT2D eigenvalue weighted by atomic mass is 9.97. The largest absolute Gasteiger partial charge is 0.378 e. The number of hydrogen-bond acceptors (Lipinski definition) is 1. The zero-order valence-electron chi connectivity index (χ0n) is 8.76. The van der Waals surface area contributed by atoms with Crippen LogP contribution in [0.3, 0.4) is 0 Å². The molecule has 1 fully saturated rings. The van der Waals surface area contributed by atoms with Crippen molar-refractivity contribution < 1.29 is 4.74 Å². The van der Waals surface area contributed by atoms with Crippen LogP contribution >= 0.6 is 11.6 Å². The van der Waals surface area contributed by atoms with Gasteiger partial charge in [-0.25, -0.2) is 0 Å². The summed E-state index contributed by atoms with van der Waals surface area (Å²) in [4.78, 5) is 0. The molecular weight excluding hydrogens is 184 g/mol. The molecule has 0 aliphatic carbocycles. The van der Waals surface area contributed by atoms with Gasteiger partial charge in [-0.15, -0.1) is 11.6 Å². The van der Waals surface area contributed by atoms with Crippen molar-refractivity contribution in [1.82, 2.24) is 0 Å². The fourth-order valence-electron chi connectivity index (χ4n) is 2.01. The molecule has 1 saturated heterocycles. The molecule has 0 radical (unpaired) electrons. The van der Waals surface area contributed by atoms with E-state index in [0.717, 1.165) is 18.9 Å². The van der Waals surface area contributed by atoms with Gasteiger partial charge in [-0.1, -0.05) is 6.92 Å². The maximum absolute atomic E-state index is 5.94. The van der Waals surface area contributed by atoms with Crippen LogP contribution in [0.5, 0.6) is 0 Å². The van der Waals surface area contributed by atoms with Gasteiger partial charge in [0.25, 0.3) is 0 Å². The first-order valence-corrected chi connectivity index (χ1v) is 5.87. The van der Waals surface area contributed by atoms with E-state index in [1.54, 1.807) is 0 Å². The van der Waals surface area contributed by atoms with Gasteiger partial charge in [-0.05, 0) is 44.9 Å². The summed E-state index contributed by atoms with van der Waals surface area (Å²) in [5.41, 5.74) is 0. The SMILES string of the molecule is CC(Cl)CC(C)CCC1CCCO1. The van der Waals surface area contributed by atoms with Crippen LogP contribution in [0.15, 0.2) is 0 Å². The van der Waals surface area contributed by atoms with Gasteiger partial charge in [0.15, 0.2) is 0 Å². The van der Waals surface area contributed by atoms with Crippen molar-refractivity contribution in [2.45, 2.75) is 57.4 Å². The maximum Gasteiger partial charge on any atom is 0.0576 e. The quantitative estimate of drug-likeness (QED) is 0.622. The van der Waals surface area contributed by atoms with Gasteiger partial charge in [-0.2, -0.15) is 0 Å². The van der Waals surface area contributed by atoms with Crippen LogP contribution in [0.4, 0.5) is 0 Å². The lowest BCUT2D eigenvalue weighted by Gasteiger charge is -2.15. The van der Waals surface area contributed by atoms with Crippen LogP contribution in [0.25, 0.3) is 0 Å². The third-order valence-corrected chi connectivity index (χ3v) is 2.91. The van der Waals surface area contributed by atoms with E-state index in [1.807, 2.05) is 0 Å². The average Bonchev–Trinajstić information content (AvgIpc) is 2.51. The predicted molar refractivity (Wildman–Crippen MR) is 57.3 cm³/mol. The molecule has 0 aromatic carbocycles. The van der Waals surface area contributed by atoms with Crippen LogP contribution in [-0.2, 0) is 4.74 Å². The highest BCUT2D eigenvalue weighted by Crippen LogP contribution is 2.22. The first kappa shape index (κ1) is 11.3. The number of hydrogen-bond donors (Lipinski definition) is 0. The zero-order chi connectivity index (χ0) is 9.68. The van der Waals surface area contributed by atoms with Crippen molar-refractivity contribution in [3.63, 3.8) is 0 Å². The topological polar surface area (TPSA) is 9.23 Å². The molecule has 0 saturated carbocycles. The van der Waals surface area contributed by atoms with Crippen molar-refractivity contribution in [2.75, 3.05) is 6.61 Å². The fourth-order valence-corrected chi connectivity index (χ4v) is 2.32. The monoisotopic (exact) mass is 204 g/mol. The zero-order valence-corrected chi connectivity index (χ0v) is 9.52. The Labute approximate surface area is 86.8 Å². The third-order valence-electron chi connectivity index (χ3n) is 2.73. The average molecular weight is 205 g/mol. The summed E-state index contributed by atoms with van der Waals surface area (Å²) in [6, 6.07) is 0. The Balaban J connectivity index is 2.03. The third kappa shape index (κ3) is 4.87. The van der Waals surface area contributed by atoms with Gasteiger partial charge in [0.2, 0.25) is 0 Å². The predicted octanol–water partition coefficient (Wildman–Crippen LogP) is 3.60. The maximum atomic E-state index is 5.94. The summed E-state index contributed by atoms with van der Waals surface area (Å²) in [5.74, 6) is 0.747. The summed E-state index contributed by atoms with van der Waals surface area (Å²) in [6.45, 7) is 5.34. The normalized spacial score (nSPS) is 27.5. The Kier molecular flexibility index (Phi) is 5.12. The van der Waals surface area contributed by atoms with Crippen molar-refractivity contribution in [3.05, 3.63) is 0 Å². The second-order valence-corrected chi connectivity index (χ2v) is 5.08. The van der Waals surface area contributed by atoms with E-state index >= 15 is 0 Å². The highest BCUT2D eigenvalue weighted by Gasteiger charge is 2.16. The van der Waals surface area contributed by atoms with Crippen LogP contribution in [0.2, 0.25) is 0 Å². The minimum Gasteiger partial charge on any atom is -0.378 e. The molecule has 1 rings (SSSR count). The van der Waals surface area contributed by atoms with Gasteiger partial charge >= 0.3 is 0 Å². The Bertz CT molecular complexity index is 130. The van der Waals surface area contributed by atoms with Crippen molar-refractivity contribution in [2.24, 2.45) is 5.92 Å². The molecular formula is C11H21ClO. The summed E-state index contributed by atoms with van der Waals surface area (Å²) < 4.78 is 5.58. The second-order valence-electron chi connectivity index (χ2n) is 4.33. The van der Waals surface area contributed by atoms with E-state index in [9.17, 15) is 0 Å². The van der Waals surface area contributed by atoms with Gasteiger partial charge in [0, 0.05) is 12.0 Å². The minimum atomic E-state index is 0.319. The molecule has 1 aliphatic rings. The molecule has 2 heteroatoms. The van der Waals surface area contributed by atoms with E-state index in [2.05, 4.69) is 13.8 Å². The smallest absolute Gasteiger partial charge is 0.0576 e. The molecule has 0 bridgehead atoms. The van der Waals surface area contributed by atoms with Crippen molar-refractivity contribution in [1.29, 1.82) is 0 Å². The van der Waals surface area contributed by atoms with Gasteiger partial charge < -0.3 is 4.74 Å². The first-order valence-electron chi connectivity index (χ1n) is 5.44. The first-order chi connectivity index (χ1) is 6.18. The summed E-state index contributed by atoms with van der Waals surface area (Å²) in [7, 11) is 0. The molecule has 3 unspecified atom stereocenters. The number of halogens is 1. The summed E-state index contributed by atoms with van der Waals surface area (Å²) in [6.07, 6.45) is 6.70. The molecule has 78 valence electrons. The minimum absolute atomic E-state index is 0.319. The Morgan fingerprint density at radius 1 is 1.46 bits per heavy atom. The Hall–Kier alpha value is 0.250. The second kappa shape index (κ2) is 5.87. The number of rotatable bonds is 5. The van der Waals surface area contributed by atoms with E-state index in [4.69, 9.17) is 16.3 Å². The highest BCUT2D eigenvalue weighted by atomic mass is 35.5. The number of alkyl halides is 1. The molecule has 0 aromatic heterocycles. The van der Waals surface area contributed by atoms with Crippen molar-refractivity contribution in [3.8, 4) is 0 Å². The molecule has 0 spiro atoms. The molecule has 13 heavy (non-hydrogen) atoms. The van der Waals surface area contributed by atoms with E-state index in [0.29, 0.717) is 11.5 Å². The summed E-state index contributed by atoms with van der Waals surface area (Å²) >= 11 is 5.94. The number of ether oxygens (including phenoxy) is 1. The molecule has 0 N–H and O–H groups in total. The molecule has 3 atom stereocenters. The molecule has 1 nitrogen and oxygen atoms in total. The Morgan fingerprint density at radius 2 is 2.23 bits per heavy atom. The highest BCUT2D eigenvalue weighted by molar-refractivity contribution is 6.20. The van der Waals surface area contributed by atoms with Crippen LogP contribution < -0.4 is 0 Å². The van der Waals surface area contributed by atoms with E-state index < -0.39 is 0 Å². The van der Waals surface area contributed by atoms with Crippen LogP contribution in [-0.4, -0.2) is 18.1 Å². The molecule has 1 aliphatic heterocycles. The standard InChI is InChI=1S/C11H21ClO/c1-9(8-10(2)12)5-6-11-4-3-7-13-11/h9-11H,3-8H2,1-2H3. The fraction of sp³-hybridized carbons (Fsp3) is 1.00. The van der Waals surface area contributed by atoms with E-state index in [-0.39, 0.29) is 0 Å². The lowest BCUT2D eigenvalue weighted by Crippen LogP contribution is -2.09. The van der Waals surface area contributed by atoms with Gasteiger partial charge in [0.05, 0.1) is 6.10 Å². The lowest BCUT2D eigenvalue weighted by molar-refractivity contribution is 0.0984. The van der Waals surface area contributed by atoms with Crippen molar-refractivity contribution >= 4 is 11.6 Å². The van der Waals surface area contributed by atoms with Crippen LogP contribution in [0, 0.1) is 5.92 Å². The molecule has 0 amide bonds. The van der Waals surface area contributed by atoms with E-state index in [1.165, 1.54) is 25.7 Å². The summed E-state index contributed by atoms with van der Waals surface area (Å²) in [5, 5.41) is 0.319. The molecule has 0 aromatic rings. The Morgan fingerprint density at radius 3 is 2.77 bits per heavy atom. The van der Waals surface area contributed by atoms with Crippen LogP contribution in [0.1, 0.15) is 46.0 Å². The van der Waals surface area contributed by atoms with Gasteiger partial charge in [-0.3, -0.25) is 0 Å². The van der Waals surface area contributed by atoms with Gasteiger partial charge in [0.1, 0.15) is 0 Å². The molecule has 1 heterocycles.